The number of benzene rings is 1. The Labute approximate surface area is 127 Å². The van der Waals surface area contributed by atoms with Crippen LogP contribution < -0.4 is 5.32 Å². The normalized spacial score (nSPS) is 18.7. The zero-order valence-electron chi connectivity index (χ0n) is 11.6. The second-order valence-electron chi connectivity index (χ2n) is 5.12. The van der Waals surface area contributed by atoms with E-state index in [-0.39, 0.29) is 17.9 Å². The van der Waals surface area contributed by atoms with Gasteiger partial charge in [-0.1, -0.05) is 28.1 Å². The number of alkyl halides is 1. The average molecular weight is 339 g/mol. The molecule has 0 saturated carbocycles. The molecule has 2 amide bonds. The van der Waals surface area contributed by atoms with Crippen molar-refractivity contribution in [3.63, 3.8) is 0 Å². The predicted molar refractivity (Wildman–Crippen MR) is 81.8 cm³/mol. The molecule has 0 bridgehead atoms. The number of nitrogens with one attached hydrogen (secondary N) is 1. The summed E-state index contributed by atoms with van der Waals surface area (Å²) in [7, 11) is 0. The zero-order valence-corrected chi connectivity index (χ0v) is 13.1. The fraction of sp³-hybridized carbons (Fsp3) is 0.467. The maximum Gasteiger partial charge on any atom is 0.253 e. The van der Waals surface area contributed by atoms with Crippen LogP contribution in [0.1, 0.15) is 35.7 Å². The molecule has 20 heavy (non-hydrogen) atoms. The van der Waals surface area contributed by atoms with Crippen LogP contribution in [0, 0.1) is 0 Å². The molecule has 4 nitrogen and oxygen atoms in total. The number of hydrogen-bond donors (Lipinski definition) is 1. The molecule has 1 aromatic rings. The van der Waals surface area contributed by atoms with E-state index >= 15 is 0 Å². The second kappa shape index (κ2) is 6.88. The lowest BCUT2D eigenvalue weighted by atomic mass is 10.0. The summed E-state index contributed by atoms with van der Waals surface area (Å²) in [6.07, 6.45) is 1.86. The molecule has 1 fully saturated rings. The van der Waals surface area contributed by atoms with Crippen molar-refractivity contribution in [3.8, 4) is 0 Å². The molecule has 1 N–H and O–H groups in total. The average Bonchev–Trinajstić information content (AvgIpc) is 2.46. The Kier molecular flexibility index (Phi) is 5.17. The smallest absolute Gasteiger partial charge is 0.253 e. The summed E-state index contributed by atoms with van der Waals surface area (Å²) in [5, 5.41) is 3.68. The van der Waals surface area contributed by atoms with Gasteiger partial charge < -0.3 is 10.2 Å². The van der Waals surface area contributed by atoms with E-state index in [9.17, 15) is 9.59 Å². The molecular weight excluding hydrogens is 320 g/mol. The summed E-state index contributed by atoms with van der Waals surface area (Å²) in [6.45, 7) is 2.87. The Bertz CT molecular complexity index is 487. The van der Waals surface area contributed by atoms with Gasteiger partial charge in [0.05, 0.1) is 0 Å². The quantitative estimate of drug-likeness (QED) is 0.860. The summed E-state index contributed by atoms with van der Waals surface area (Å²) in [5.41, 5.74) is 1.86. The standard InChI is InChI=1S/C15H19BrN2O2/c1-11(19)17-14-3-2-8-18(10-14)15(20)13-6-4-12(9-16)5-7-13/h4-7,14H,2-3,8-10H2,1H3,(H,17,19). The van der Waals surface area contributed by atoms with Gasteiger partial charge in [0, 0.05) is 36.9 Å². The summed E-state index contributed by atoms with van der Waals surface area (Å²) >= 11 is 3.39. The van der Waals surface area contributed by atoms with Crippen LogP contribution in [0.25, 0.3) is 0 Å². The maximum atomic E-state index is 12.4. The van der Waals surface area contributed by atoms with Crippen LogP contribution in [0.3, 0.4) is 0 Å². The Balaban J connectivity index is 2.02. The third-order valence-electron chi connectivity index (χ3n) is 3.47. The Morgan fingerprint density at radius 1 is 1.35 bits per heavy atom. The summed E-state index contributed by atoms with van der Waals surface area (Å²) in [5.74, 6) is 0.00662. The first-order valence-corrected chi connectivity index (χ1v) is 7.93. The van der Waals surface area contributed by atoms with Crippen molar-refractivity contribution in [1.29, 1.82) is 0 Å². The van der Waals surface area contributed by atoms with Crippen LogP contribution in [0.4, 0.5) is 0 Å². The van der Waals surface area contributed by atoms with Crippen molar-refractivity contribution in [1.82, 2.24) is 10.2 Å². The van der Waals surface area contributed by atoms with Crippen LogP contribution in [0.5, 0.6) is 0 Å². The molecule has 0 radical (unpaired) electrons. The second-order valence-corrected chi connectivity index (χ2v) is 5.68. The SMILES string of the molecule is CC(=O)NC1CCCN(C(=O)c2ccc(CBr)cc2)C1. The molecule has 2 rings (SSSR count). The third-order valence-corrected chi connectivity index (χ3v) is 4.12. The predicted octanol–water partition coefficient (Wildman–Crippen LogP) is 2.32. The van der Waals surface area contributed by atoms with Gasteiger partial charge in [0.1, 0.15) is 0 Å². The monoisotopic (exact) mass is 338 g/mol. The molecule has 1 saturated heterocycles. The fourth-order valence-corrected chi connectivity index (χ4v) is 2.86. The molecule has 1 heterocycles. The Morgan fingerprint density at radius 2 is 2.05 bits per heavy atom. The minimum Gasteiger partial charge on any atom is -0.352 e. The van der Waals surface area contributed by atoms with E-state index in [0.717, 1.165) is 30.3 Å². The van der Waals surface area contributed by atoms with Gasteiger partial charge >= 0.3 is 0 Å². The van der Waals surface area contributed by atoms with E-state index in [1.807, 2.05) is 29.2 Å². The molecule has 108 valence electrons. The Hall–Kier alpha value is -1.36. The van der Waals surface area contributed by atoms with Gasteiger partial charge in [0.2, 0.25) is 5.91 Å². The molecule has 0 aromatic heterocycles. The van der Waals surface area contributed by atoms with Gasteiger partial charge in [-0.3, -0.25) is 9.59 Å². The van der Waals surface area contributed by atoms with Crippen molar-refractivity contribution < 1.29 is 9.59 Å². The van der Waals surface area contributed by atoms with E-state index in [2.05, 4.69) is 21.2 Å². The number of amides is 2. The minimum atomic E-state index is -0.0361. The highest BCUT2D eigenvalue weighted by atomic mass is 79.9. The Morgan fingerprint density at radius 3 is 2.65 bits per heavy atom. The van der Waals surface area contributed by atoms with Crippen molar-refractivity contribution in [2.45, 2.75) is 31.1 Å². The van der Waals surface area contributed by atoms with Crippen LogP contribution in [0.2, 0.25) is 0 Å². The van der Waals surface area contributed by atoms with E-state index < -0.39 is 0 Å². The van der Waals surface area contributed by atoms with Gasteiger partial charge in [0.25, 0.3) is 5.91 Å². The van der Waals surface area contributed by atoms with E-state index in [1.54, 1.807) is 0 Å². The number of hydrogen-bond acceptors (Lipinski definition) is 2. The first-order valence-electron chi connectivity index (χ1n) is 6.81. The van der Waals surface area contributed by atoms with E-state index in [1.165, 1.54) is 6.92 Å². The van der Waals surface area contributed by atoms with Crippen LogP contribution in [-0.4, -0.2) is 35.8 Å². The highest BCUT2D eigenvalue weighted by molar-refractivity contribution is 9.08. The number of nitrogens with zero attached hydrogens (tertiary/aromatic N) is 1. The number of rotatable bonds is 3. The molecule has 5 heteroatoms. The van der Waals surface area contributed by atoms with Gasteiger partial charge in [-0.05, 0) is 30.5 Å². The lowest BCUT2D eigenvalue weighted by Gasteiger charge is -2.33. The van der Waals surface area contributed by atoms with E-state index in [4.69, 9.17) is 0 Å². The fourth-order valence-electron chi connectivity index (χ4n) is 2.49. The lowest BCUT2D eigenvalue weighted by Crippen LogP contribution is -2.49. The molecule has 0 spiro atoms. The molecule has 1 aromatic carbocycles. The number of carbonyl (C=O) groups is 2. The van der Waals surface area contributed by atoms with Crippen LogP contribution >= 0.6 is 15.9 Å². The third kappa shape index (κ3) is 3.82. The largest absolute Gasteiger partial charge is 0.352 e. The number of halogens is 1. The molecule has 0 aliphatic carbocycles. The molecule has 1 atom stereocenters. The molecular formula is C15H19BrN2O2. The molecule has 1 aliphatic rings. The van der Waals surface area contributed by atoms with Gasteiger partial charge in [-0.15, -0.1) is 0 Å². The molecule has 1 aliphatic heterocycles. The lowest BCUT2D eigenvalue weighted by molar-refractivity contribution is -0.120. The summed E-state index contributed by atoms with van der Waals surface area (Å²) < 4.78 is 0. The topological polar surface area (TPSA) is 49.4 Å². The van der Waals surface area contributed by atoms with Crippen LogP contribution in [-0.2, 0) is 10.1 Å². The first kappa shape index (κ1) is 15.0. The minimum absolute atomic E-state index is 0.0361. The van der Waals surface area contributed by atoms with Gasteiger partial charge in [-0.2, -0.15) is 0 Å². The zero-order chi connectivity index (χ0) is 14.5. The van der Waals surface area contributed by atoms with Gasteiger partial charge in [0.15, 0.2) is 0 Å². The summed E-state index contributed by atoms with van der Waals surface area (Å²) in [6, 6.07) is 7.71. The van der Waals surface area contributed by atoms with Gasteiger partial charge in [-0.25, -0.2) is 0 Å². The number of carbonyl (C=O) groups excluding carboxylic acids is 2. The van der Waals surface area contributed by atoms with Crippen molar-refractivity contribution in [2.24, 2.45) is 0 Å². The highest BCUT2D eigenvalue weighted by Gasteiger charge is 2.24. The maximum absolute atomic E-state index is 12.4. The van der Waals surface area contributed by atoms with Crippen molar-refractivity contribution in [2.75, 3.05) is 13.1 Å². The summed E-state index contributed by atoms with van der Waals surface area (Å²) in [4.78, 5) is 25.4. The van der Waals surface area contributed by atoms with Crippen molar-refractivity contribution in [3.05, 3.63) is 35.4 Å². The first-order chi connectivity index (χ1) is 9.60. The highest BCUT2D eigenvalue weighted by Crippen LogP contribution is 2.15. The van der Waals surface area contributed by atoms with E-state index in [0.29, 0.717) is 12.1 Å². The van der Waals surface area contributed by atoms with Crippen molar-refractivity contribution >= 4 is 27.7 Å². The molecule has 1 unspecified atom stereocenters. The number of likely N-dealkylation sites (tertiary alicyclic amines) is 1. The van der Waals surface area contributed by atoms with Crippen LogP contribution in [0.15, 0.2) is 24.3 Å². The number of piperidine rings is 1.